The third kappa shape index (κ3) is 8.57. The zero-order valence-corrected chi connectivity index (χ0v) is 40.8. The van der Waals surface area contributed by atoms with Crippen LogP contribution >= 0.6 is 11.8 Å². The molecule has 4 heterocycles. The molecule has 4 aliphatic heterocycles. The highest BCUT2D eigenvalue weighted by Gasteiger charge is 2.57. The van der Waals surface area contributed by atoms with Crippen LogP contribution in [-0.2, 0) is 31.8 Å². The van der Waals surface area contributed by atoms with Gasteiger partial charge in [0.1, 0.15) is 23.4 Å². The first-order chi connectivity index (χ1) is 32.8. The number of likely N-dealkylation sites (N-methyl/N-ethyl adjacent to an activating group) is 1. The number of carbonyl (C=O) groups is 2. The summed E-state index contributed by atoms with van der Waals surface area (Å²) < 4.78 is 41.4. The molecule has 0 saturated carbocycles. The zero-order valence-electron chi connectivity index (χ0n) is 40.0. The summed E-state index contributed by atoms with van der Waals surface area (Å²) in [6.45, 7) is 9.81. The van der Waals surface area contributed by atoms with Crippen molar-refractivity contribution in [2.24, 2.45) is 0 Å². The number of phenols is 1. The molecule has 1 unspecified atom stereocenters. The van der Waals surface area contributed by atoms with Gasteiger partial charge in [-0.15, -0.1) is 0 Å². The van der Waals surface area contributed by atoms with Crippen LogP contribution in [0.2, 0.25) is 0 Å². The maximum atomic E-state index is 14.8. The standard InChI is InChI=1S/C52H61N5O10S/c1-28-19-30-20-38-40(22-53)57-39(44(56(38)6)42(30)48(46(28)62-8)64-26-63-18-17-61-7)21-35-43(49-47(65-27-66-49)29(2)45(35)58)41(57)23-54-50(59)37(55-51(60)67-52(3,4)5)25-68-24-36-33-15-11-9-13-31(33)32-14-10-12-16-34(32)36/h9-16,19,36-41,44,58H,17-18,20-21,23-27H2,1-8H3,(H,54,59)(H,55,60)/t37-,38-,39?,40-,41-,44+/m0/s1. The molecule has 0 aromatic heterocycles. The van der Waals surface area contributed by atoms with Crippen LogP contribution in [0.3, 0.4) is 0 Å². The van der Waals surface area contributed by atoms with Crippen LogP contribution in [0, 0.1) is 25.2 Å². The van der Waals surface area contributed by atoms with Crippen LogP contribution in [0.15, 0.2) is 54.6 Å². The number of hydrogen-bond acceptors (Lipinski definition) is 14. The molecule has 0 radical (unpaired) electrons. The van der Waals surface area contributed by atoms with E-state index in [0.29, 0.717) is 71.5 Å². The Hall–Kier alpha value is -5.70. The van der Waals surface area contributed by atoms with Crippen molar-refractivity contribution >= 4 is 23.8 Å². The number of thioether (sulfide) groups is 1. The number of amides is 2. The van der Waals surface area contributed by atoms with Crippen LogP contribution in [0.4, 0.5) is 4.79 Å². The number of alkyl carbamates (subject to hydrolysis) is 1. The van der Waals surface area contributed by atoms with Crippen molar-refractivity contribution < 1.29 is 47.9 Å². The Balaban J connectivity index is 1.06. The van der Waals surface area contributed by atoms with Crippen LogP contribution < -0.4 is 29.6 Å². The minimum atomic E-state index is -0.982. The summed E-state index contributed by atoms with van der Waals surface area (Å²) in [5, 5.41) is 29.5. The van der Waals surface area contributed by atoms with E-state index in [2.05, 4.69) is 81.1 Å². The fourth-order valence-corrected chi connectivity index (χ4v) is 12.4. The van der Waals surface area contributed by atoms with Crippen molar-refractivity contribution in [3.63, 3.8) is 0 Å². The van der Waals surface area contributed by atoms with Gasteiger partial charge in [0.05, 0.1) is 38.5 Å². The molecule has 0 spiro atoms. The number of methoxy groups -OCH3 is 2. The Labute approximate surface area is 402 Å². The van der Waals surface area contributed by atoms with Gasteiger partial charge < -0.3 is 48.9 Å². The first kappa shape index (κ1) is 47.4. The maximum absolute atomic E-state index is 14.8. The molecule has 4 aromatic rings. The van der Waals surface area contributed by atoms with Gasteiger partial charge in [-0.25, -0.2) is 4.79 Å². The second-order valence-corrected chi connectivity index (χ2v) is 20.2. The smallest absolute Gasteiger partial charge is 0.408 e. The molecule has 1 fully saturated rings. The van der Waals surface area contributed by atoms with Gasteiger partial charge in [0, 0.05) is 65.4 Å². The quantitative estimate of drug-likeness (QED) is 0.0816. The van der Waals surface area contributed by atoms with Crippen LogP contribution in [-0.4, -0.2) is 123 Å². The van der Waals surface area contributed by atoms with Gasteiger partial charge in [0.15, 0.2) is 29.8 Å². The van der Waals surface area contributed by atoms with Crippen molar-refractivity contribution in [2.45, 2.75) is 95.2 Å². The zero-order chi connectivity index (χ0) is 48.0. The van der Waals surface area contributed by atoms with Gasteiger partial charge in [-0.2, -0.15) is 17.0 Å². The second kappa shape index (κ2) is 19.4. The lowest BCUT2D eigenvalue weighted by atomic mass is 9.71. The predicted molar refractivity (Wildman–Crippen MR) is 257 cm³/mol. The molecule has 1 aliphatic carbocycles. The first-order valence-corrected chi connectivity index (χ1v) is 24.4. The Morgan fingerprint density at radius 2 is 1.68 bits per heavy atom. The molecule has 2 amide bonds. The first-order valence-electron chi connectivity index (χ1n) is 23.2. The summed E-state index contributed by atoms with van der Waals surface area (Å²) in [6.07, 6.45) is 0.174. The molecule has 4 aromatic carbocycles. The highest BCUT2D eigenvalue weighted by Crippen LogP contribution is 2.58. The van der Waals surface area contributed by atoms with E-state index < -0.39 is 41.8 Å². The van der Waals surface area contributed by atoms with Crippen molar-refractivity contribution in [3.05, 3.63) is 99.1 Å². The van der Waals surface area contributed by atoms with Crippen molar-refractivity contribution in [3.8, 4) is 45.9 Å². The number of ether oxygens (including phenoxy) is 7. The number of hydrogen-bond donors (Lipinski definition) is 3. The fourth-order valence-electron chi connectivity index (χ4n) is 11.2. The van der Waals surface area contributed by atoms with E-state index in [-0.39, 0.29) is 49.6 Å². The lowest BCUT2D eigenvalue weighted by molar-refractivity contribution is -0.123. The monoisotopic (exact) mass is 947 g/mol. The van der Waals surface area contributed by atoms with E-state index in [0.717, 1.165) is 16.7 Å². The topological polar surface area (TPSA) is 173 Å². The molecule has 360 valence electrons. The Kier molecular flexibility index (Phi) is 13.5. The van der Waals surface area contributed by atoms with E-state index in [9.17, 15) is 20.0 Å². The van der Waals surface area contributed by atoms with Crippen LogP contribution in [0.5, 0.6) is 28.7 Å². The summed E-state index contributed by atoms with van der Waals surface area (Å²) in [4.78, 5) is 32.7. The second-order valence-electron chi connectivity index (χ2n) is 19.1. The minimum Gasteiger partial charge on any atom is -0.507 e. The number of nitrogens with zero attached hydrogens (tertiary/aromatic N) is 3. The number of benzene rings is 4. The molecule has 2 bridgehead atoms. The molecule has 16 heteroatoms. The number of aromatic hydroxyl groups is 1. The predicted octanol–water partition coefficient (Wildman–Crippen LogP) is 7.07. The molecular weight excluding hydrogens is 887 g/mol. The third-order valence-corrected chi connectivity index (χ3v) is 15.1. The van der Waals surface area contributed by atoms with Gasteiger partial charge >= 0.3 is 6.09 Å². The third-order valence-electron chi connectivity index (χ3n) is 14.0. The molecule has 6 atom stereocenters. The van der Waals surface area contributed by atoms with Crippen molar-refractivity contribution in [1.29, 1.82) is 5.26 Å². The lowest BCUT2D eigenvalue weighted by Crippen LogP contribution is -2.69. The van der Waals surface area contributed by atoms with Crippen molar-refractivity contribution in [2.75, 3.05) is 66.1 Å². The summed E-state index contributed by atoms with van der Waals surface area (Å²) in [6, 6.07) is 18.3. The van der Waals surface area contributed by atoms with Gasteiger partial charge in [0.25, 0.3) is 0 Å². The molecule has 5 aliphatic rings. The minimum absolute atomic E-state index is 0.0171. The Bertz CT molecular complexity index is 2580. The van der Waals surface area contributed by atoms with Gasteiger partial charge in [0.2, 0.25) is 12.7 Å². The Morgan fingerprint density at radius 1 is 0.971 bits per heavy atom. The number of rotatable bonds is 15. The average Bonchev–Trinajstić information content (AvgIpc) is 3.93. The van der Waals surface area contributed by atoms with E-state index >= 15 is 0 Å². The largest absolute Gasteiger partial charge is 0.507 e. The molecule has 9 rings (SSSR count). The fraction of sp³-hybridized carbons (Fsp3) is 0.481. The van der Waals surface area contributed by atoms with Gasteiger partial charge in [-0.1, -0.05) is 54.6 Å². The van der Waals surface area contributed by atoms with Gasteiger partial charge in [-0.05, 0) is 87.9 Å². The molecule has 68 heavy (non-hydrogen) atoms. The van der Waals surface area contributed by atoms with E-state index in [1.54, 1.807) is 53.7 Å². The van der Waals surface area contributed by atoms with Crippen molar-refractivity contribution in [1.82, 2.24) is 20.4 Å². The molecular formula is C52H61N5O10S. The van der Waals surface area contributed by atoms with E-state index in [1.807, 2.05) is 14.0 Å². The summed E-state index contributed by atoms with van der Waals surface area (Å²) in [7, 11) is 5.27. The normalized spacial score (nSPS) is 21.6. The number of piperazine rings is 1. The summed E-state index contributed by atoms with van der Waals surface area (Å²) >= 11 is 1.59. The highest BCUT2D eigenvalue weighted by atomic mass is 32.2. The van der Waals surface area contributed by atoms with E-state index in [4.69, 9.17) is 33.2 Å². The summed E-state index contributed by atoms with van der Waals surface area (Å²) in [5.74, 6) is 2.78. The number of nitriles is 1. The lowest BCUT2D eigenvalue weighted by Gasteiger charge is -2.60. The maximum Gasteiger partial charge on any atom is 0.408 e. The Morgan fingerprint density at radius 3 is 2.35 bits per heavy atom. The average molecular weight is 948 g/mol. The number of phenolic OH excluding ortho intramolecular Hbond substituents is 1. The van der Waals surface area contributed by atoms with Crippen LogP contribution in [0.25, 0.3) is 11.1 Å². The molecule has 3 N–H and O–H groups in total. The van der Waals surface area contributed by atoms with E-state index in [1.165, 1.54) is 22.3 Å². The number of aryl methyl sites for hydroxylation is 1. The number of fused-ring (bicyclic) bond motifs is 12. The SMILES string of the molecule is COCCOCOc1c(OC)c(C)cc2c1[C@H]1C3Cc4c(O)c(C)c5c(c4[C@H](CNC(=O)[C@H](CSCC4c6ccccc6-c6ccccc64)NC(=O)OC(C)(C)C)N3[C@@H](C#N)[C@H](C2)N1C)OCO5. The highest BCUT2D eigenvalue weighted by molar-refractivity contribution is 7.99. The van der Waals surface area contributed by atoms with Gasteiger partial charge in [-0.3, -0.25) is 14.6 Å². The summed E-state index contributed by atoms with van der Waals surface area (Å²) in [5.41, 5.74) is 8.82. The van der Waals surface area contributed by atoms with Crippen LogP contribution in [0.1, 0.15) is 83.3 Å². The number of carbonyl (C=O) groups excluding carboxylic acids is 2. The molecule has 15 nitrogen and oxygen atoms in total. The molecule has 1 saturated heterocycles. The number of nitrogens with one attached hydrogen (secondary N) is 2.